The lowest BCUT2D eigenvalue weighted by atomic mass is 9.97. The fourth-order valence-electron chi connectivity index (χ4n) is 1.25. The van der Waals surface area contributed by atoms with Crippen molar-refractivity contribution in [2.24, 2.45) is 0 Å². The Morgan fingerprint density at radius 3 is 2.58 bits per heavy atom. The van der Waals surface area contributed by atoms with E-state index in [1.54, 1.807) is 0 Å². The molecule has 62 valence electrons. The third kappa shape index (κ3) is 2.43. The molecule has 0 saturated heterocycles. The molecule has 0 saturated carbocycles. The second kappa shape index (κ2) is 4.62. The van der Waals surface area contributed by atoms with Crippen LogP contribution in [0, 0.1) is 12.3 Å². The van der Waals surface area contributed by atoms with E-state index in [4.69, 9.17) is 6.42 Å². The summed E-state index contributed by atoms with van der Waals surface area (Å²) in [5.41, 5.74) is 1.38. The van der Waals surface area contributed by atoms with Crippen LogP contribution in [0.1, 0.15) is 31.2 Å². The zero-order valence-electron chi connectivity index (χ0n) is 7.46. The second-order valence-electron chi connectivity index (χ2n) is 3.05. The van der Waals surface area contributed by atoms with Gasteiger partial charge in [-0.15, -0.1) is 12.3 Å². The number of benzene rings is 1. The molecule has 0 aliphatic heterocycles. The van der Waals surface area contributed by atoms with Crippen LogP contribution < -0.4 is 0 Å². The molecule has 0 heteroatoms. The fraction of sp³-hybridized carbons (Fsp3) is 0.333. The molecule has 1 rings (SSSR count). The molecule has 0 unspecified atom stereocenters. The van der Waals surface area contributed by atoms with Gasteiger partial charge in [0.2, 0.25) is 0 Å². The number of hydrogen-bond acceptors (Lipinski definition) is 0. The minimum Gasteiger partial charge on any atom is -0.120 e. The molecule has 12 heavy (non-hydrogen) atoms. The lowest BCUT2D eigenvalue weighted by molar-refractivity contribution is 0.699. The molecule has 0 aromatic heterocycles. The zero-order chi connectivity index (χ0) is 8.81. The van der Waals surface area contributed by atoms with Gasteiger partial charge >= 0.3 is 0 Å². The van der Waals surface area contributed by atoms with Gasteiger partial charge in [-0.05, 0) is 17.9 Å². The van der Waals surface area contributed by atoms with Crippen LogP contribution in [-0.4, -0.2) is 0 Å². The Morgan fingerprint density at radius 2 is 2.00 bits per heavy atom. The van der Waals surface area contributed by atoms with E-state index >= 15 is 0 Å². The summed E-state index contributed by atoms with van der Waals surface area (Å²) in [4.78, 5) is 0. The van der Waals surface area contributed by atoms with E-state index in [9.17, 15) is 0 Å². The molecule has 0 aliphatic rings. The van der Waals surface area contributed by atoms with Gasteiger partial charge in [0.1, 0.15) is 0 Å². The van der Waals surface area contributed by atoms with E-state index in [0.717, 1.165) is 12.8 Å². The van der Waals surface area contributed by atoms with Crippen LogP contribution in [0.4, 0.5) is 0 Å². The quantitative estimate of drug-likeness (QED) is 0.592. The highest BCUT2D eigenvalue weighted by Gasteiger charge is 2.02. The van der Waals surface area contributed by atoms with Gasteiger partial charge < -0.3 is 0 Å². The molecule has 1 aromatic rings. The highest BCUT2D eigenvalue weighted by molar-refractivity contribution is 5.18. The lowest BCUT2D eigenvalue weighted by Gasteiger charge is -2.08. The van der Waals surface area contributed by atoms with Crippen molar-refractivity contribution in [1.82, 2.24) is 0 Å². The van der Waals surface area contributed by atoms with Gasteiger partial charge in [0, 0.05) is 6.42 Å². The number of terminal acetylenes is 1. The largest absolute Gasteiger partial charge is 0.120 e. The molecular weight excluding hydrogens is 144 g/mol. The Balaban J connectivity index is 2.55. The first-order valence-corrected chi connectivity index (χ1v) is 4.33. The number of rotatable bonds is 3. The predicted molar refractivity (Wildman–Crippen MR) is 52.9 cm³/mol. The third-order valence-corrected chi connectivity index (χ3v) is 2.09. The van der Waals surface area contributed by atoms with Crippen molar-refractivity contribution < 1.29 is 0 Å². The van der Waals surface area contributed by atoms with Crippen LogP contribution in [0.2, 0.25) is 0 Å². The summed E-state index contributed by atoms with van der Waals surface area (Å²) in [5.74, 6) is 3.25. The maximum atomic E-state index is 5.20. The molecule has 0 aliphatic carbocycles. The average Bonchev–Trinajstić information content (AvgIpc) is 2.15. The molecular formula is C12H14. The van der Waals surface area contributed by atoms with E-state index in [0.29, 0.717) is 5.92 Å². The molecule has 0 radical (unpaired) electrons. The zero-order valence-corrected chi connectivity index (χ0v) is 7.46. The van der Waals surface area contributed by atoms with Crippen molar-refractivity contribution in [1.29, 1.82) is 0 Å². The minimum absolute atomic E-state index is 0.585. The van der Waals surface area contributed by atoms with Gasteiger partial charge in [0.05, 0.1) is 0 Å². The number of hydrogen-bond donors (Lipinski definition) is 0. The standard InChI is InChI=1S/C12H14/c1-3-4-8-11(2)12-9-6-5-7-10-12/h1,5-7,9-11H,4,8H2,2H3/t11-/m0/s1. The maximum Gasteiger partial charge on any atom is 0.00917 e. The van der Waals surface area contributed by atoms with Gasteiger partial charge in [-0.3, -0.25) is 0 Å². The maximum absolute atomic E-state index is 5.20. The summed E-state index contributed by atoms with van der Waals surface area (Å²) in [6.07, 6.45) is 7.16. The summed E-state index contributed by atoms with van der Waals surface area (Å²) in [5, 5.41) is 0. The topological polar surface area (TPSA) is 0 Å². The van der Waals surface area contributed by atoms with Crippen LogP contribution in [-0.2, 0) is 0 Å². The first-order valence-electron chi connectivity index (χ1n) is 4.33. The van der Waals surface area contributed by atoms with Crippen molar-refractivity contribution in [2.75, 3.05) is 0 Å². The predicted octanol–water partition coefficient (Wildman–Crippen LogP) is 3.20. The molecule has 0 fully saturated rings. The van der Waals surface area contributed by atoms with E-state index < -0.39 is 0 Å². The van der Waals surface area contributed by atoms with Gasteiger partial charge in [-0.2, -0.15) is 0 Å². The van der Waals surface area contributed by atoms with Crippen molar-refractivity contribution >= 4 is 0 Å². The van der Waals surface area contributed by atoms with E-state index in [2.05, 4.69) is 37.1 Å². The Bertz CT molecular complexity index is 253. The van der Waals surface area contributed by atoms with Crippen LogP contribution in [0.25, 0.3) is 0 Å². The van der Waals surface area contributed by atoms with Crippen LogP contribution in [0.5, 0.6) is 0 Å². The van der Waals surface area contributed by atoms with Crippen molar-refractivity contribution in [3.8, 4) is 12.3 Å². The van der Waals surface area contributed by atoms with E-state index in [-0.39, 0.29) is 0 Å². The molecule has 0 heterocycles. The smallest absolute Gasteiger partial charge is 0.00917 e. The Morgan fingerprint density at radius 1 is 1.33 bits per heavy atom. The minimum atomic E-state index is 0.585. The first kappa shape index (κ1) is 8.87. The van der Waals surface area contributed by atoms with E-state index in [1.807, 2.05) is 6.07 Å². The van der Waals surface area contributed by atoms with Crippen molar-refractivity contribution in [3.05, 3.63) is 35.9 Å². The summed E-state index contributed by atoms with van der Waals surface area (Å²) >= 11 is 0. The van der Waals surface area contributed by atoms with Gasteiger partial charge in [0.15, 0.2) is 0 Å². The molecule has 0 bridgehead atoms. The lowest BCUT2D eigenvalue weighted by Crippen LogP contribution is -1.91. The van der Waals surface area contributed by atoms with E-state index in [1.165, 1.54) is 5.56 Å². The summed E-state index contributed by atoms with van der Waals surface area (Å²) in [7, 11) is 0. The Kier molecular flexibility index (Phi) is 3.41. The van der Waals surface area contributed by atoms with Crippen LogP contribution in [0.15, 0.2) is 30.3 Å². The molecule has 1 aromatic carbocycles. The summed E-state index contributed by atoms with van der Waals surface area (Å²) in [6.45, 7) is 2.21. The average molecular weight is 158 g/mol. The molecule has 0 N–H and O–H groups in total. The fourth-order valence-corrected chi connectivity index (χ4v) is 1.25. The third-order valence-electron chi connectivity index (χ3n) is 2.09. The Hall–Kier alpha value is -1.22. The Labute approximate surface area is 74.6 Å². The first-order chi connectivity index (χ1) is 5.84. The van der Waals surface area contributed by atoms with Crippen molar-refractivity contribution in [2.45, 2.75) is 25.7 Å². The van der Waals surface area contributed by atoms with Gasteiger partial charge in [0.25, 0.3) is 0 Å². The van der Waals surface area contributed by atoms with Crippen LogP contribution >= 0.6 is 0 Å². The van der Waals surface area contributed by atoms with Gasteiger partial charge in [-0.25, -0.2) is 0 Å². The van der Waals surface area contributed by atoms with Crippen LogP contribution in [0.3, 0.4) is 0 Å². The monoisotopic (exact) mass is 158 g/mol. The highest BCUT2D eigenvalue weighted by atomic mass is 14.1. The summed E-state index contributed by atoms with van der Waals surface area (Å²) in [6, 6.07) is 10.5. The van der Waals surface area contributed by atoms with Gasteiger partial charge in [-0.1, -0.05) is 37.3 Å². The van der Waals surface area contributed by atoms with Crippen molar-refractivity contribution in [3.63, 3.8) is 0 Å². The normalized spacial score (nSPS) is 12.0. The SMILES string of the molecule is C#CCC[C@H](C)c1ccccc1. The summed E-state index contributed by atoms with van der Waals surface area (Å²) < 4.78 is 0. The second-order valence-corrected chi connectivity index (χ2v) is 3.05. The molecule has 0 spiro atoms. The molecule has 1 atom stereocenters. The molecule has 0 amide bonds. The molecule has 0 nitrogen and oxygen atoms in total. The highest BCUT2D eigenvalue weighted by Crippen LogP contribution is 2.19.